The largest absolute Gasteiger partial charge is 0.390 e. The molecule has 2 heterocycles. The first-order chi connectivity index (χ1) is 11.7. The summed E-state index contributed by atoms with van der Waals surface area (Å²) in [6, 6.07) is 3.71. The Morgan fingerprint density at radius 3 is 2.40 bits per heavy atom. The van der Waals surface area contributed by atoms with Gasteiger partial charge in [-0.1, -0.05) is 0 Å². The molecule has 0 saturated carbocycles. The van der Waals surface area contributed by atoms with Crippen LogP contribution >= 0.6 is 0 Å². The zero-order valence-corrected chi connectivity index (χ0v) is 15.1. The molecule has 0 atom stereocenters. The van der Waals surface area contributed by atoms with Crippen LogP contribution in [0.5, 0.6) is 0 Å². The number of alkyl halides is 3. The number of nitrogens with zero attached hydrogens (tertiary/aromatic N) is 3. The second-order valence-electron chi connectivity index (χ2n) is 6.38. The lowest BCUT2D eigenvalue weighted by Gasteiger charge is -2.36. The molecule has 142 valence electrons. The molecule has 1 aromatic rings. The Bertz CT molecular complexity index is 630. The third-order valence-corrected chi connectivity index (χ3v) is 6.52. The molecule has 0 spiro atoms. The van der Waals surface area contributed by atoms with Crippen molar-refractivity contribution in [1.82, 2.24) is 14.2 Å². The van der Waals surface area contributed by atoms with E-state index < -0.39 is 28.4 Å². The van der Waals surface area contributed by atoms with E-state index in [1.54, 1.807) is 12.4 Å². The van der Waals surface area contributed by atoms with Gasteiger partial charge in [-0.25, -0.2) is 12.7 Å². The predicted octanol–water partition coefficient (Wildman–Crippen LogP) is 2.30. The SMILES string of the molecule is CN(C1CCN(CCc2ccncc2)CC1)S(=O)(=O)CCC(F)(F)F. The molecule has 0 aliphatic carbocycles. The number of halogens is 3. The minimum atomic E-state index is -4.45. The lowest BCUT2D eigenvalue weighted by Crippen LogP contribution is -2.46. The molecular formula is C16H24F3N3O2S. The van der Waals surface area contributed by atoms with Gasteiger partial charge in [-0.05, 0) is 50.0 Å². The lowest BCUT2D eigenvalue weighted by atomic mass is 10.0. The predicted molar refractivity (Wildman–Crippen MR) is 89.6 cm³/mol. The highest BCUT2D eigenvalue weighted by Crippen LogP contribution is 2.23. The van der Waals surface area contributed by atoms with Gasteiger partial charge in [0.05, 0.1) is 12.2 Å². The average Bonchev–Trinajstić information content (AvgIpc) is 2.58. The lowest BCUT2D eigenvalue weighted by molar-refractivity contribution is -0.130. The number of rotatable bonds is 7. The average molecular weight is 379 g/mol. The summed E-state index contributed by atoms with van der Waals surface area (Å²) in [6.07, 6.45) is -0.0809. The number of hydrogen-bond donors (Lipinski definition) is 0. The topological polar surface area (TPSA) is 53.5 Å². The van der Waals surface area contributed by atoms with Gasteiger partial charge in [-0.15, -0.1) is 0 Å². The van der Waals surface area contributed by atoms with Crippen molar-refractivity contribution >= 4 is 10.0 Å². The van der Waals surface area contributed by atoms with Crippen molar-refractivity contribution in [1.29, 1.82) is 0 Å². The number of aromatic nitrogens is 1. The quantitative estimate of drug-likeness (QED) is 0.730. The van der Waals surface area contributed by atoms with Crippen LogP contribution in [0.1, 0.15) is 24.8 Å². The summed E-state index contributed by atoms with van der Waals surface area (Å²) in [4.78, 5) is 6.23. The molecule has 0 bridgehead atoms. The van der Waals surface area contributed by atoms with Crippen molar-refractivity contribution in [2.45, 2.75) is 37.9 Å². The molecule has 1 aromatic heterocycles. The fourth-order valence-electron chi connectivity index (χ4n) is 2.96. The van der Waals surface area contributed by atoms with Crippen molar-refractivity contribution in [2.75, 3.05) is 32.4 Å². The third kappa shape index (κ3) is 6.56. The summed E-state index contributed by atoms with van der Waals surface area (Å²) < 4.78 is 62.1. The van der Waals surface area contributed by atoms with Crippen molar-refractivity contribution < 1.29 is 21.6 Å². The smallest absolute Gasteiger partial charge is 0.303 e. The molecule has 1 aliphatic rings. The third-order valence-electron chi connectivity index (χ3n) is 4.62. The summed E-state index contributed by atoms with van der Waals surface area (Å²) in [5.41, 5.74) is 1.20. The van der Waals surface area contributed by atoms with Gasteiger partial charge in [-0.2, -0.15) is 13.2 Å². The van der Waals surface area contributed by atoms with Gasteiger partial charge in [0.15, 0.2) is 0 Å². The molecule has 0 aromatic carbocycles. The first kappa shape index (κ1) is 20.1. The first-order valence-electron chi connectivity index (χ1n) is 8.31. The van der Waals surface area contributed by atoms with Gasteiger partial charge in [-0.3, -0.25) is 4.98 Å². The second-order valence-corrected chi connectivity index (χ2v) is 8.52. The fourth-order valence-corrected chi connectivity index (χ4v) is 4.40. The van der Waals surface area contributed by atoms with E-state index in [9.17, 15) is 21.6 Å². The van der Waals surface area contributed by atoms with Crippen LogP contribution < -0.4 is 0 Å². The van der Waals surface area contributed by atoms with Crippen LogP contribution in [0.3, 0.4) is 0 Å². The van der Waals surface area contributed by atoms with Crippen LogP contribution in [-0.2, 0) is 16.4 Å². The first-order valence-corrected chi connectivity index (χ1v) is 9.92. The molecule has 0 unspecified atom stereocenters. The molecular weight excluding hydrogens is 355 g/mol. The van der Waals surface area contributed by atoms with Crippen LogP contribution in [0.4, 0.5) is 13.2 Å². The van der Waals surface area contributed by atoms with Crippen LogP contribution in [-0.4, -0.2) is 67.3 Å². The maximum absolute atomic E-state index is 12.3. The molecule has 1 saturated heterocycles. The Morgan fingerprint density at radius 2 is 1.84 bits per heavy atom. The van der Waals surface area contributed by atoms with Crippen LogP contribution in [0.15, 0.2) is 24.5 Å². The van der Waals surface area contributed by atoms with E-state index in [0.717, 1.165) is 30.4 Å². The van der Waals surface area contributed by atoms with Crippen molar-refractivity contribution in [3.05, 3.63) is 30.1 Å². The molecule has 9 heteroatoms. The molecule has 1 fully saturated rings. The zero-order valence-electron chi connectivity index (χ0n) is 14.2. The number of sulfonamides is 1. The minimum absolute atomic E-state index is 0.226. The summed E-state index contributed by atoms with van der Waals surface area (Å²) in [6.45, 7) is 2.37. The van der Waals surface area contributed by atoms with Crippen molar-refractivity contribution in [3.63, 3.8) is 0 Å². The number of pyridine rings is 1. The molecule has 0 radical (unpaired) electrons. The molecule has 1 aliphatic heterocycles. The molecule has 2 rings (SSSR count). The Morgan fingerprint density at radius 1 is 1.24 bits per heavy atom. The summed E-state index contributed by atoms with van der Waals surface area (Å²) >= 11 is 0. The standard InChI is InChI=1S/C16H24F3N3O2S/c1-21(25(23,24)13-7-16(17,18)19)15-5-11-22(12-6-15)10-4-14-2-8-20-9-3-14/h2-3,8-9,15H,4-7,10-13H2,1H3. The van der Waals surface area contributed by atoms with Gasteiger partial charge in [0, 0.05) is 32.0 Å². The van der Waals surface area contributed by atoms with E-state index in [1.165, 1.54) is 12.6 Å². The van der Waals surface area contributed by atoms with Gasteiger partial charge >= 0.3 is 6.18 Å². The van der Waals surface area contributed by atoms with Crippen LogP contribution in [0.25, 0.3) is 0 Å². The summed E-state index contributed by atoms with van der Waals surface area (Å²) in [7, 11) is -2.49. The highest BCUT2D eigenvalue weighted by atomic mass is 32.2. The maximum Gasteiger partial charge on any atom is 0.390 e. The molecule has 5 nitrogen and oxygen atoms in total. The highest BCUT2D eigenvalue weighted by molar-refractivity contribution is 7.89. The van der Waals surface area contributed by atoms with Crippen molar-refractivity contribution in [3.8, 4) is 0 Å². The van der Waals surface area contributed by atoms with Crippen LogP contribution in [0.2, 0.25) is 0 Å². The van der Waals surface area contributed by atoms with Gasteiger partial charge in [0.25, 0.3) is 0 Å². The Kier molecular flexibility index (Phi) is 6.81. The second kappa shape index (κ2) is 8.46. The van der Waals surface area contributed by atoms with E-state index in [4.69, 9.17) is 0 Å². The Labute approximate surface area is 146 Å². The summed E-state index contributed by atoms with van der Waals surface area (Å²) in [5, 5.41) is 0. The van der Waals surface area contributed by atoms with Gasteiger partial charge in [0.2, 0.25) is 10.0 Å². The number of piperidine rings is 1. The van der Waals surface area contributed by atoms with Gasteiger partial charge in [0.1, 0.15) is 0 Å². The van der Waals surface area contributed by atoms with Crippen molar-refractivity contribution in [2.24, 2.45) is 0 Å². The zero-order chi connectivity index (χ0) is 18.5. The summed E-state index contributed by atoms with van der Waals surface area (Å²) in [5.74, 6) is -0.880. The van der Waals surface area contributed by atoms with E-state index in [1.807, 2.05) is 12.1 Å². The normalized spacial score (nSPS) is 18.0. The Balaban J connectivity index is 1.78. The van der Waals surface area contributed by atoms with E-state index >= 15 is 0 Å². The van der Waals surface area contributed by atoms with E-state index in [-0.39, 0.29) is 6.04 Å². The fraction of sp³-hybridized carbons (Fsp3) is 0.688. The monoisotopic (exact) mass is 379 g/mol. The van der Waals surface area contributed by atoms with E-state index in [2.05, 4.69) is 9.88 Å². The maximum atomic E-state index is 12.3. The van der Waals surface area contributed by atoms with Crippen LogP contribution in [0, 0.1) is 0 Å². The number of hydrogen-bond acceptors (Lipinski definition) is 4. The molecule has 0 N–H and O–H groups in total. The van der Waals surface area contributed by atoms with E-state index in [0.29, 0.717) is 12.8 Å². The molecule has 0 amide bonds. The number of likely N-dealkylation sites (tertiary alicyclic amines) is 1. The molecule has 25 heavy (non-hydrogen) atoms. The minimum Gasteiger partial charge on any atom is -0.303 e. The van der Waals surface area contributed by atoms with Gasteiger partial charge < -0.3 is 4.90 Å². The Hall–Kier alpha value is -1.19. The highest BCUT2D eigenvalue weighted by Gasteiger charge is 2.34.